The van der Waals surface area contributed by atoms with E-state index in [1.54, 1.807) is 6.20 Å². The lowest BCUT2D eigenvalue weighted by Gasteiger charge is -2.08. The third-order valence-electron chi connectivity index (χ3n) is 2.30. The average molecular weight is 214 g/mol. The average Bonchev–Trinajstić information content (AvgIpc) is 2.27. The maximum atomic E-state index is 5.54. The van der Waals surface area contributed by atoms with Crippen LogP contribution in [0.4, 0.5) is 17.5 Å². The summed E-state index contributed by atoms with van der Waals surface area (Å²) in [4.78, 5) is 8.07. The Labute approximate surface area is 94.5 Å². The zero-order valence-corrected chi connectivity index (χ0v) is 9.36. The van der Waals surface area contributed by atoms with Gasteiger partial charge in [0.05, 0.1) is 0 Å². The molecule has 4 nitrogen and oxygen atoms in total. The van der Waals surface area contributed by atoms with Crippen molar-refractivity contribution in [2.45, 2.75) is 13.8 Å². The Morgan fingerprint density at radius 1 is 1.12 bits per heavy atom. The van der Waals surface area contributed by atoms with Crippen LogP contribution in [-0.4, -0.2) is 9.97 Å². The molecule has 1 aromatic heterocycles. The minimum Gasteiger partial charge on any atom is -0.368 e. The minimum atomic E-state index is 0.278. The standard InChI is InChI=1S/C12H14N4/c1-8-3-5-10(6-4-8)15-11-9(2)7-14-12(13)16-11/h3-7H,1-2H3,(H3,13,14,15,16). The molecule has 0 saturated heterocycles. The summed E-state index contributed by atoms with van der Waals surface area (Å²) in [5.41, 5.74) is 8.73. The lowest BCUT2D eigenvalue weighted by atomic mass is 10.2. The fourth-order valence-electron chi connectivity index (χ4n) is 1.36. The topological polar surface area (TPSA) is 63.8 Å². The quantitative estimate of drug-likeness (QED) is 0.805. The van der Waals surface area contributed by atoms with Gasteiger partial charge in [0.1, 0.15) is 5.82 Å². The van der Waals surface area contributed by atoms with Crippen molar-refractivity contribution in [1.82, 2.24) is 9.97 Å². The lowest BCUT2D eigenvalue weighted by molar-refractivity contribution is 1.15. The summed E-state index contributed by atoms with van der Waals surface area (Å²) in [5.74, 6) is 1.02. The number of hydrogen-bond acceptors (Lipinski definition) is 4. The first-order valence-electron chi connectivity index (χ1n) is 5.08. The van der Waals surface area contributed by atoms with Crippen molar-refractivity contribution in [3.8, 4) is 0 Å². The molecule has 82 valence electrons. The molecule has 0 aliphatic carbocycles. The number of benzene rings is 1. The van der Waals surface area contributed by atoms with Crippen LogP contribution < -0.4 is 11.1 Å². The van der Waals surface area contributed by atoms with Gasteiger partial charge in [0.15, 0.2) is 0 Å². The molecule has 0 aliphatic rings. The van der Waals surface area contributed by atoms with E-state index in [1.165, 1.54) is 5.56 Å². The third-order valence-corrected chi connectivity index (χ3v) is 2.30. The second-order valence-electron chi connectivity index (χ2n) is 3.75. The van der Waals surface area contributed by atoms with Gasteiger partial charge >= 0.3 is 0 Å². The van der Waals surface area contributed by atoms with E-state index in [9.17, 15) is 0 Å². The fraction of sp³-hybridized carbons (Fsp3) is 0.167. The molecule has 0 bridgehead atoms. The molecule has 2 aromatic rings. The highest BCUT2D eigenvalue weighted by Gasteiger charge is 2.01. The van der Waals surface area contributed by atoms with Gasteiger partial charge in [0.25, 0.3) is 0 Å². The fourth-order valence-corrected chi connectivity index (χ4v) is 1.36. The summed E-state index contributed by atoms with van der Waals surface area (Å²) >= 11 is 0. The molecule has 0 atom stereocenters. The molecule has 0 aliphatic heterocycles. The number of hydrogen-bond donors (Lipinski definition) is 2. The van der Waals surface area contributed by atoms with E-state index < -0.39 is 0 Å². The van der Waals surface area contributed by atoms with Crippen molar-refractivity contribution in [1.29, 1.82) is 0 Å². The van der Waals surface area contributed by atoms with Gasteiger partial charge in [-0.25, -0.2) is 4.98 Å². The Hall–Kier alpha value is -2.10. The van der Waals surface area contributed by atoms with Crippen LogP contribution in [0.3, 0.4) is 0 Å². The predicted molar refractivity (Wildman–Crippen MR) is 65.6 cm³/mol. The smallest absolute Gasteiger partial charge is 0.221 e. The van der Waals surface area contributed by atoms with Gasteiger partial charge in [0, 0.05) is 17.4 Å². The van der Waals surface area contributed by atoms with E-state index in [4.69, 9.17) is 5.73 Å². The Bertz CT molecular complexity index is 491. The maximum absolute atomic E-state index is 5.54. The second kappa shape index (κ2) is 4.18. The van der Waals surface area contributed by atoms with Crippen molar-refractivity contribution in [2.75, 3.05) is 11.1 Å². The summed E-state index contributed by atoms with van der Waals surface area (Å²) in [6, 6.07) is 8.10. The molecule has 3 N–H and O–H groups in total. The second-order valence-corrected chi connectivity index (χ2v) is 3.75. The van der Waals surface area contributed by atoms with Crippen LogP contribution in [0.1, 0.15) is 11.1 Å². The number of aryl methyl sites for hydroxylation is 2. The van der Waals surface area contributed by atoms with Crippen LogP contribution in [0, 0.1) is 13.8 Å². The Morgan fingerprint density at radius 2 is 1.81 bits per heavy atom. The van der Waals surface area contributed by atoms with Gasteiger partial charge in [-0.15, -0.1) is 0 Å². The van der Waals surface area contributed by atoms with Crippen molar-refractivity contribution in [2.24, 2.45) is 0 Å². The number of nitrogens with one attached hydrogen (secondary N) is 1. The lowest BCUT2D eigenvalue weighted by Crippen LogP contribution is -2.01. The van der Waals surface area contributed by atoms with Crippen molar-refractivity contribution in [3.63, 3.8) is 0 Å². The van der Waals surface area contributed by atoms with E-state index >= 15 is 0 Å². The van der Waals surface area contributed by atoms with E-state index in [0.29, 0.717) is 0 Å². The van der Waals surface area contributed by atoms with Crippen molar-refractivity contribution >= 4 is 17.5 Å². The normalized spacial score (nSPS) is 10.1. The molecule has 16 heavy (non-hydrogen) atoms. The van der Waals surface area contributed by atoms with Crippen LogP contribution in [0.25, 0.3) is 0 Å². The number of nitrogens with two attached hydrogens (primary N) is 1. The number of aromatic nitrogens is 2. The van der Waals surface area contributed by atoms with Crippen LogP contribution in [0.2, 0.25) is 0 Å². The van der Waals surface area contributed by atoms with Crippen molar-refractivity contribution in [3.05, 3.63) is 41.6 Å². The Balaban J connectivity index is 2.26. The third kappa shape index (κ3) is 2.28. The molecule has 2 rings (SSSR count). The van der Waals surface area contributed by atoms with Gasteiger partial charge in [-0.05, 0) is 26.0 Å². The van der Waals surface area contributed by atoms with Gasteiger partial charge in [0.2, 0.25) is 5.95 Å². The number of nitrogens with zero attached hydrogens (tertiary/aromatic N) is 2. The molecule has 0 saturated carbocycles. The maximum Gasteiger partial charge on any atom is 0.221 e. The molecular weight excluding hydrogens is 200 g/mol. The van der Waals surface area contributed by atoms with E-state index in [2.05, 4.69) is 22.2 Å². The summed E-state index contributed by atoms with van der Waals surface area (Å²) in [6.07, 6.45) is 1.71. The van der Waals surface area contributed by atoms with Crippen LogP contribution in [0.15, 0.2) is 30.5 Å². The molecule has 0 spiro atoms. The molecule has 1 heterocycles. The van der Waals surface area contributed by atoms with Gasteiger partial charge in [-0.3, -0.25) is 0 Å². The zero-order valence-electron chi connectivity index (χ0n) is 9.36. The predicted octanol–water partition coefficient (Wildman–Crippen LogP) is 2.42. The van der Waals surface area contributed by atoms with E-state index in [1.807, 2.05) is 31.2 Å². The number of anilines is 3. The highest BCUT2D eigenvalue weighted by Crippen LogP contribution is 2.18. The molecular formula is C12H14N4. The first-order chi connectivity index (χ1) is 7.65. The van der Waals surface area contributed by atoms with Crippen LogP contribution in [-0.2, 0) is 0 Å². The van der Waals surface area contributed by atoms with E-state index in [0.717, 1.165) is 17.1 Å². The van der Waals surface area contributed by atoms with Crippen LogP contribution >= 0.6 is 0 Å². The highest BCUT2D eigenvalue weighted by atomic mass is 15.1. The van der Waals surface area contributed by atoms with Gasteiger partial charge < -0.3 is 11.1 Å². The number of rotatable bonds is 2. The Kier molecular flexibility index (Phi) is 2.72. The molecule has 0 fully saturated rings. The SMILES string of the molecule is Cc1ccc(Nc2nc(N)ncc2C)cc1. The molecule has 0 radical (unpaired) electrons. The van der Waals surface area contributed by atoms with Gasteiger partial charge in [-0.1, -0.05) is 17.7 Å². The highest BCUT2D eigenvalue weighted by molar-refractivity contribution is 5.59. The molecule has 1 aromatic carbocycles. The summed E-state index contributed by atoms with van der Waals surface area (Å²) < 4.78 is 0. The van der Waals surface area contributed by atoms with E-state index in [-0.39, 0.29) is 5.95 Å². The molecule has 4 heteroatoms. The Morgan fingerprint density at radius 3 is 2.50 bits per heavy atom. The minimum absolute atomic E-state index is 0.278. The summed E-state index contributed by atoms with van der Waals surface area (Å²) in [5, 5.41) is 3.21. The molecule has 0 amide bonds. The first kappa shape index (κ1) is 10.4. The largest absolute Gasteiger partial charge is 0.368 e. The molecule has 0 unspecified atom stereocenters. The van der Waals surface area contributed by atoms with Crippen LogP contribution in [0.5, 0.6) is 0 Å². The monoisotopic (exact) mass is 214 g/mol. The number of nitrogen functional groups attached to an aromatic ring is 1. The van der Waals surface area contributed by atoms with Gasteiger partial charge in [-0.2, -0.15) is 4.98 Å². The summed E-state index contributed by atoms with van der Waals surface area (Å²) in [6.45, 7) is 3.99. The zero-order chi connectivity index (χ0) is 11.5. The summed E-state index contributed by atoms with van der Waals surface area (Å²) in [7, 11) is 0. The van der Waals surface area contributed by atoms with Crippen molar-refractivity contribution < 1.29 is 0 Å². The first-order valence-corrected chi connectivity index (χ1v) is 5.08.